The van der Waals surface area contributed by atoms with E-state index in [4.69, 9.17) is 23.6 Å². The minimum atomic E-state index is -1.52. The molecule has 0 saturated heterocycles. The predicted molar refractivity (Wildman–Crippen MR) is 119 cm³/mol. The molecule has 0 unspecified atom stereocenters. The van der Waals surface area contributed by atoms with Gasteiger partial charge in [0.1, 0.15) is 0 Å². The summed E-state index contributed by atoms with van der Waals surface area (Å²) in [5.74, 6) is 0. The van der Waals surface area contributed by atoms with Crippen LogP contribution in [-0.4, -0.2) is 35.7 Å². The Balaban J connectivity index is 4.91. The lowest BCUT2D eigenvalue weighted by Gasteiger charge is -2.38. The first-order chi connectivity index (χ1) is 10.2. The lowest BCUT2D eigenvalue weighted by atomic mass is 9.94. The van der Waals surface area contributed by atoms with E-state index in [0.717, 1.165) is 13.1 Å². The van der Waals surface area contributed by atoms with Crippen molar-refractivity contribution in [3.63, 3.8) is 0 Å². The lowest BCUT2D eigenvalue weighted by molar-refractivity contribution is 0.367. The van der Waals surface area contributed by atoms with Crippen molar-refractivity contribution in [1.29, 1.82) is 0 Å². The topological polar surface area (TPSA) is 24.1 Å². The van der Waals surface area contributed by atoms with Crippen LogP contribution in [0.15, 0.2) is 0 Å². The Morgan fingerprint density at radius 2 is 0.870 bits per heavy atom. The molecule has 0 rings (SSSR count). The number of hydrogen-bond acceptors (Lipinski definition) is 2. The Morgan fingerprint density at radius 1 is 0.652 bits per heavy atom. The first-order valence-corrected chi connectivity index (χ1v) is 14.8. The zero-order chi connectivity index (χ0) is 18.6. The van der Waals surface area contributed by atoms with Crippen LogP contribution in [-0.2, 0) is 23.6 Å². The summed E-state index contributed by atoms with van der Waals surface area (Å²) in [6.07, 6.45) is -3.05. The number of hydrogen-bond donors (Lipinski definition) is 2. The molecular formula is C17H40N2P2S2. The fourth-order valence-electron chi connectivity index (χ4n) is 2.66. The van der Waals surface area contributed by atoms with Crippen LogP contribution < -0.4 is 10.2 Å². The van der Waals surface area contributed by atoms with Crippen LogP contribution in [0.25, 0.3) is 0 Å². The van der Waals surface area contributed by atoms with Crippen LogP contribution in [0.1, 0.15) is 69.2 Å². The van der Waals surface area contributed by atoms with Gasteiger partial charge in [-0.2, -0.15) is 0 Å². The second-order valence-corrected chi connectivity index (χ2v) is 19.9. The van der Waals surface area contributed by atoms with Crippen molar-refractivity contribution in [2.75, 3.05) is 13.1 Å². The molecule has 140 valence electrons. The molecule has 0 aromatic carbocycles. The standard InChI is InChI=1S/C17H40N2P2S2/c1-13(2)20(22,14(3)4)18-11-17(9,10)12-19-21(23,15(5)6)16(7)8/h13-16H,11-12H2,1-10H3,(H,18,22)(H,19,23). The summed E-state index contributed by atoms with van der Waals surface area (Å²) >= 11 is 12.0. The predicted octanol–water partition coefficient (Wildman–Crippen LogP) is 5.61. The van der Waals surface area contributed by atoms with Gasteiger partial charge in [0.05, 0.1) is 0 Å². The molecule has 0 bridgehead atoms. The Hall–Kier alpha value is 1.22. The smallest absolute Gasteiger partial charge is 0.0173 e. The van der Waals surface area contributed by atoms with E-state index in [1.165, 1.54) is 0 Å². The van der Waals surface area contributed by atoms with Gasteiger partial charge in [-0.1, -0.05) is 92.9 Å². The molecule has 6 heteroatoms. The third-order valence-corrected chi connectivity index (χ3v) is 18.0. The Bertz CT molecular complexity index is 394. The summed E-state index contributed by atoms with van der Waals surface area (Å²) in [7, 11) is 0. The van der Waals surface area contributed by atoms with E-state index < -0.39 is 12.4 Å². The van der Waals surface area contributed by atoms with E-state index in [-0.39, 0.29) is 5.41 Å². The molecule has 0 aliphatic heterocycles. The average molecular weight is 399 g/mol. The molecular weight excluding hydrogens is 358 g/mol. The maximum Gasteiger partial charge on any atom is 0.0173 e. The molecule has 0 amide bonds. The molecule has 0 atom stereocenters. The summed E-state index contributed by atoms with van der Waals surface area (Å²) in [5.41, 5.74) is 2.31. The Labute approximate surface area is 156 Å². The van der Waals surface area contributed by atoms with Crippen molar-refractivity contribution >= 4 is 36.0 Å². The molecule has 0 aliphatic rings. The summed E-state index contributed by atoms with van der Waals surface area (Å²) in [5, 5.41) is 7.59. The molecule has 23 heavy (non-hydrogen) atoms. The van der Waals surface area contributed by atoms with E-state index in [9.17, 15) is 0 Å². The van der Waals surface area contributed by atoms with Crippen LogP contribution in [0.3, 0.4) is 0 Å². The molecule has 2 nitrogen and oxygen atoms in total. The Kier molecular flexibility index (Phi) is 9.73. The van der Waals surface area contributed by atoms with Crippen molar-refractivity contribution < 1.29 is 0 Å². The SMILES string of the molecule is CC(C)P(=S)(NCC(C)(C)CNP(=S)(C(C)C)C(C)C)C(C)C. The van der Waals surface area contributed by atoms with Gasteiger partial charge in [-0.25, -0.2) is 0 Å². The molecule has 0 aromatic heterocycles. The highest BCUT2D eigenvalue weighted by atomic mass is 32.4. The van der Waals surface area contributed by atoms with Crippen LogP contribution in [0.2, 0.25) is 0 Å². The van der Waals surface area contributed by atoms with Crippen molar-refractivity contribution in [3.8, 4) is 0 Å². The fraction of sp³-hybridized carbons (Fsp3) is 1.00. The summed E-state index contributed by atoms with van der Waals surface area (Å²) in [6, 6.07) is 0. The van der Waals surface area contributed by atoms with E-state index in [1.807, 2.05) is 0 Å². The van der Waals surface area contributed by atoms with Crippen LogP contribution >= 0.6 is 12.4 Å². The monoisotopic (exact) mass is 398 g/mol. The molecule has 0 saturated carbocycles. The van der Waals surface area contributed by atoms with Gasteiger partial charge in [-0.15, -0.1) is 0 Å². The summed E-state index contributed by atoms with van der Waals surface area (Å²) in [4.78, 5) is 0. The Morgan fingerprint density at radius 3 is 1.04 bits per heavy atom. The fourth-order valence-corrected chi connectivity index (χ4v) is 8.24. The maximum absolute atomic E-state index is 6.02. The molecule has 0 fully saturated rings. The largest absolute Gasteiger partial charge is 0.288 e. The molecule has 0 radical (unpaired) electrons. The van der Waals surface area contributed by atoms with Crippen LogP contribution in [0, 0.1) is 5.41 Å². The van der Waals surface area contributed by atoms with E-state index in [2.05, 4.69) is 79.4 Å². The highest BCUT2D eigenvalue weighted by Crippen LogP contribution is 2.53. The van der Waals surface area contributed by atoms with Gasteiger partial charge in [0, 0.05) is 25.5 Å². The zero-order valence-corrected chi connectivity index (χ0v) is 20.4. The molecule has 2 N–H and O–H groups in total. The minimum Gasteiger partial charge on any atom is -0.288 e. The average Bonchev–Trinajstić information content (AvgIpc) is 2.41. The van der Waals surface area contributed by atoms with Gasteiger partial charge >= 0.3 is 0 Å². The lowest BCUT2D eigenvalue weighted by Crippen LogP contribution is -2.39. The maximum atomic E-state index is 6.02. The molecule has 0 aromatic rings. The number of nitrogens with one attached hydrogen (secondary N) is 2. The quantitative estimate of drug-likeness (QED) is 0.467. The van der Waals surface area contributed by atoms with Gasteiger partial charge < -0.3 is 0 Å². The van der Waals surface area contributed by atoms with Crippen molar-refractivity contribution in [3.05, 3.63) is 0 Å². The van der Waals surface area contributed by atoms with Crippen molar-refractivity contribution in [2.45, 2.75) is 91.9 Å². The highest BCUT2D eigenvalue weighted by Gasteiger charge is 2.31. The third kappa shape index (κ3) is 6.80. The highest BCUT2D eigenvalue weighted by molar-refractivity contribution is 8.14. The second-order valence-electron chi connectivity index (χ2n) is 8.63. The van der Waals surface area contributed by atoms with E-state index >= 15 is 0 Å². The van der Waals surface area contributed by atoms with Gasteiger partial charge in [0.2, 0.25) is 0 Å². The van der Waals surface area contributed by atoms with Gasteiger partial charge in [0.25, 0.3) is 0 Å². The first kappa shape index (κ1) is 24.2. The minimum absolute atomic E-state index is 0.154. The van der Waals surface area contributed by atoms with Gasteiger partial charge in [0.15, 0.2) is 0 Å². The molecule has 0 aliphatic carbocycles. The van der Waals surface area contributed by atoms with Gasteiger partial charge in [-0.05, 0) is 28.1 Å². The van der Waals surface area contributed by atoms with Crippen molar-refractivity contribution in [1.82, 2.24) is 10.2 Å². The van der Waals surface area contributed by atoms with Crippen LogP contribution in [0.4, 0.5) is 0 Å². The van der Waals surface area contributed by atoms with Gasteiger partial charge in [-0.3, -0.25) is 10.2 Å². The third-order valence-electron chi connectivity index (χ3n) is 4.68. The van der Waals surface area contributed by atoms with E-state index in [1.54, 1.807) is 0 Å². The normalized spacial score (nSPS) is 14.5. The molecule has 0 spiro atoms. The molecule has 0 heterocycles. The van der Waals surface area contributed by atoms with Crippen molar-refractivity contribution in [2.24, 2.45) is 5.41 Å². The second kappa shape index (κ2) is 9.24. The zero-order valence-electron chi connectivity index (χ0n) is 16.9. The summed E-state index contributed by atoms with van der Waals surface area (Å²) < 4.78 is 0. The van der Waals surface area contributed by atoms with Crippen LogP contribution in [0.5, 0.6) is 0 Å². The van der Waals surface area contributed by atoms with E-state index in [0.29, 0.717) is 22.6 Å². The number of rotatable bonds is 10. The summed E-state index contributed by atoms with van der Waals surface area (Å²) in [6.45, 7) is 24.6. The first-order valence-electron chi connectivity index (χ1n) is 8.88.